The molecule has 3 aliphatic rings. The topological polar surface area (TPSA) is 86.9 Å². The second-order valence-electron chi connectivity index (χ2n) is 8.22. The summed E-state index contributed by atoms with van der Waals surface area (Å²) in [6.45, 7) is 2.37. The number of benzene rings is 1. The van der Waals surface area contributed by atoms with Crippen LogP contribution in [0.25, 0.3) is 0 Å². The van der Waals surface area contributed by atoms with Crippen molar-refractivity contribution in [2.75, 3.05) is 38.6 Å². The molecule has 3 fully saturated rings. The molecular weight excluding hydrogens is 350 g/mol. The molecule has 26 heavy (non-hydrogen) atoms. The van der Waals surface area contributed by atoms with Gasteiger partial charge in [-0.25, -0.2) is 13.6 Å². The minimum Gasteiger partial charge on any atom is -0.388 e. The average Bonchev–Trinajstić information content (AvgIpc) is 2.59. The Labute approximate surface area is 157 Å². The first kappa shape index (κ1) is 19.6. The third-order valence-corrected chi connectivity index (χ3v) is 7.14. The summed E-state index contributed by atoms with van der Waals surface area (Å²) in [4.78, 5) is 4.43. The van der Waals surface area contributed by atoms with E-state index in [1.165, 1.54) is 37.8 Å². The van der Waals surface area contributed by atoms with Gasteiger partial charge in [-0.3, -0.25) is 0 Å². The normalized spacial score (nSPS) is 28.5. The molecule has 1 aromatic rings. The number of sulfonamides is 1. The highest BCUT2D eigenvalue weighted by molar-refractivity contribution is 7.89. The molecule has 0 saturated heterocycles. The molecule has 0 amide bonds. The van der Waals surface area contributed by atoms with Gasteiger partial charge in [0.15, 0.2) is 0 Å². The van der Waals surface area contributed by atoms with Crippen molar-refractivity contribution in [3.8, 4) is 0 Å². The summed E-state index contributed by atoms with van der Waals surface area (Å²) < 4.78 is 22.7. The van der Waals surface area contributed by atoms with Crippen molar-refractivity contribution >= 4 is 15.7 Å². The van der Waals surface area contributed by atoms with Crippen molar-refractivity contribution in [1.82, 2.24) is 4.90 Å². The quantitative estimate of drug-likeness (QED) is 0.750. The second-order valence-corrected chi connectivity index (χ2v) is 9.79. The number of anilines is 1. The first-order valence-electron chi connectivity index (χ1n) is 9.42. The molecule has 0 radical (unpaired) electrons. The molecule has 0 aliphatic heterocycles. The van der Waals surface area contributed by atoms with E-state index in [1.54, 1.807) is 12.1 Å². The molecule has 3 N–H and O–H groups in total. The molecule has 4 rings (SSSR count). The molecule has 6 nitrogen and oxygen atoms in total. The number of primary sulfonamides is 1. The number of fused-ring (bicyclic) bond motifs is 3. The lowest BCUT2D eigenvalue weighted by Gasteiger charge is -2.50. The molecule has 7 heteroatoms. The molecule has 3 saturated carbocycles. The number of likely N-dealkylation sites (N-methyl/N-ethyl adjacent to an activating group) is 2. The monoisotopic (exact) mass is 381 g/mol. The Morgan fingerprint density at radius 3 is 2.23 bits per heavy atom. The summed E-state index contributed by atoms with van der Waals surface area (Å²) in [7, 11) is 0.398. The van der Waals surface area contributed by atoms with Crippen molar-refractivity contribution in [3.05, 3.63) is 24.3 Å². The fourth-order valence-electron chi connectivity index (χ4n) is 4.65. The van der Waals surface area contributed by atoms with Gasteiger partial charge < -0.3 is 14.9 Å². The number of aliphatic hydroxyl groups is 1. The molecule has 1 unspecified atom stereocenters. The maximum Gasteiger partial charge on any atom is 0.238 e. The Kier molecular flexibility index (Phi) is 5.63. The molecule has 2 bridgehead atoms. The van der Waals surface area contributed by atoms with Gasteiger partial charge in [0.2, 0.25) is 10.0 Å². The van der Waals surface area contributed by atoms with E-state index in [4.69, 9.17) is 5.14 Å². The van der Waals surface area contributed by atoms with Crippen LogP contribution in [0.3, 0.4) is 0 Å². The van der Waals surface area contributed by atoms with Gasteiger partial charge >= 0.3 is 0 Å². The third-order valence-electron chi connectivity index (χ3n) is 6.22. The molecule has 0 aromatic heterocycles. The summed E-state index contributed by atoms with van der Waals surface area (Å²) in [5.41, 5.74) is 0.423. The number of hydrogen-bond acceptors (Lipinski definition) is 5. The van der Waals surface area contributed by atoms with E-state index in [1.807, 2.05) is 7.05 Å². The van der Waals surface area contributed by atoms with Crippen LogP contribution < -0.4 is 10.0 Å². The SMILES string of the molecule is CN(CCN(C)c1ccc(S(N)(=O)=O)cc1)CC1(O)CC2CCC1CC2. The van der Waals surface area contributed by atoms with Crippen molar-refractivity contribution in [1.29, 1.82) is 0 Å². The highest BCUT2D eigenvalue weighted by Gasteiger charge is 2.46. The maximum atomic E-state index is 11.3. The van der Waals surface area contributed by atoms with E-state index in [0.717, 1.165) is 31.7 Å². The molecule has 0 spiro atoms. The highest BCUT2D eigenvalue weighted by Crippen LogP contribution is 2.47. The third kappa shape index (κ3) is 4.39. The van der Waals surface area contributed by atoms with E-state index in [9.17, 15) is 13.5 Å². The van der Waals surface area contributed by atoms with Crippen LogP contribution in [0.1, 0.15) is 32.1 Å². The van der Waals surface area contributed by atoms with Crippen LogP contribution in [0, 0.1) is 11.8 Å². The Bertz CT molecular complexity index is 714. The van der Waals surface area contributed by atoms with Gasteiger partial charge in [0.05, 0.1) is 10.5 Å². The van der Waals surface area contributed by atoms with E-state index < -0.39 is 15.6 Å². The van der Waals surface area contributed by atoms with Crippen molar-refractivity contribution in [3.63, 3.8) is 0 Å². The molecule has 3 aliphatic carbocycles. The van der Waals surface area contributed by atoms with E-state index in [0.29, 0.717) is 11.8 Å². The summed E-state index contributed by atoms with van der Waals surface area (Å²) in [6, 6.07) is 6.61. The smallest absolute Gasteiger partial charge is 0.238 e. The Balaban J connectivity index is 1.52. The molecular formula is C19H31N3O3S. The highest BCUT2D eigenvalue weighted by atomic mass is 32.2. The molecule has 146 valence electrons. The Morgan fingerprint density at radius 2 is 1.73 bits per heavy atom. The predicted molar refractivity (Wildman–Crippen MR) is 104 cm³/mol. The summed E-state index contributed by atoms with van der Waals surface area (Å²) in [5.74, 6) is 1.16. The number of rotatable bonds is 7. The maximum absolute atomic E-state index is 11.3. The van der Waals surface area contributed by atoms with Crippen LogP contribution in [0.4, 0.5) is 5.69 Å². The van der Waals surface area contributed by atoms with Crippen LogP contribution in [-0.2, 0) is 10.0 Å². The lowest BCUT2D eigenvalue weighted by molar-refractivity contribution is -0.110. The largest absolute Gasteiger partial charge is 0.388 e. The average molecular weight is 382 g/mol. The second kappa shape index (κ2) is 7.46. The summed E-state index contributed by atoms with van der Waals surface area (Å²) in [6.07, 6.45) is 5.87. The first-order valence-corrected chi connectivity index (χ1v) is 11.0. The molecule has 1 aromatic carbocycles. The van der Waals surface area contributed by atoms with Crippen molar-refractivity contribution in [2.24, 2.45) is 17.0 Å². The van der Waals surface area contributed by atoms with Crippen LogP contribution in [0.5, 0.6) is 0 Å². The van der Waals surface area contributed by atoms with E-state index >= 15 is 0 Å². The lowest BCUT2D eigenvalue weighted by Crippen LogP contribution is -2.54. The zero-order valence-corrected chi connectivity index (χ0v) is 16.6. The number of nitrogens with zero attached hydrogens (tertiary/aromatic N) is 2. The van der Waals surface area contributed by atoms with Crippen LogP contribution >= 0.6 is 0 Å². The molecule has 1 atom stereocenters. The van der Waals surface area contributed by atoms with Gasteiger partial charge in [0.1, 0.15) is 0 Å². The van der Waals surface area contributed by atoms with Crippen LogP contribution in [0.15, 0.2) is 29.2 Å². The molecule has 0 heterocycles. The Hall–Kier alpha value is -1.15. The summed E-state index contributed by atoms with van der Waals surface area (Å²) in [5, 5.41) is 16.2. The van der Waals surface area contributed by atoms with Crippen LogP contribution in [0.2, 0.25) is 0 Å². The van der Waals surface area contributed by atoms with Gasteiger partial charge in [-0.15, -0.1) is 0 Å². The van der Waals surface area contributed by atoms with Crippen molar-refractivity contribution in [2.45, 2.75) is 42.6 Å². The predicted octanol–water partition coefficient (Wildman–Crippen LogP) is 1.64. The van der Waals surface area contributed by atoms with Crippen LogP contribution in [-0.4, -0.2) is 57.8 Å². The van der Waals surface area contributed by atoms with Gasteiger partial charge in [-0.2, -0.15) is 0 Å². The summed E-state index contributed by atoms with van der Waals surface area (Å²) >= 11 is 0. The van der Waals surface area contributed by atoms with Gasteiger partial charge in [0.25, 0.3) is 0 Å². The fourth-order valence-corrected chi connectivity index (χ4v) is 5.17. The Morgan fingerprint density at radius 1 is 1.12 bits per heavy atom. The van der Waals surface area contributed by atoms with Gasteiger partial charge in [0, 0.05) is 32.4 Å². The lowest BCUT2D eigenvalue weighted by atomic mass is 9.62. The van der Waals surface area contributed by atoms with Gasteiger partial charge in [-0.05, 0) is 75.3 Å². The first-order chi connectivity index (χ1) is 12.2. The number of hydrogen-bond donors (Lipinski definition) is 2. The fraction of sp³-hybridized carbons (Fsp3) is 0.684. The standard InChI is InChI=1S/C19H31N3O3S/c1-21(14-19(23)13-15-3-5-16(19)6-4-15)11-12-22(2)17-7-9-18(10-8-17)26(20,24)25/h7-10,15-16,23H,3-6,11-14H2,1-2H3,(H2,20,24,25). The van der Waals surface area contributed by atoms with Gasteiger partial charge in [-0.1, -0.05) is 0 Å². The minimum absolute atomic E-state index is 0.126. The van der Waals surface area contributed by atoms with E-state index in [2.05, 4.69) is 16.8 Å². The van der Waals surface area contributed by atoms with Crippen molar-refractivity contribution < 1.29 is 13.5 Å². The zero-order chi connectivity index (χ0) is 18.9. The zero-order valence-electron chi connectivity index (χ0n) is 15.8. The number of nitrogens with two attached hydrogens (primary N) is 1. The van der Waals surface area contributed by atoms with E-state index in [-0.39, 0.29) is 4.90 Å². The minimum atomic E-state index is -3.65.